The molecule has 0 N–H and O–H groups in total. The van der Waals surface area contributed by atoms with Crippen LogP contribution in [-0.2, 0) is 5.41 Å². The van der Waals surface area contributed by atoms with Gasteiger partial charge in [-0.1, -0.05) is 38.1 Å². The number of rotatable bonds is 0. The highest BCUT2D eigenvalue weighted by Crippen LogP contribution is 2.45. The molecule has 0 radical (unpaired) electrons. The number of fused-ring (bicyclic) bond motifs is 3. The third kappa shape index (κ3) is 0.990. The summed E-state index contributed by atoms with van der Waals surface area (Å²) in [7, 11) is 0. The van der Waals surface area contributed by atoms with Crippen LogP contribution in [0.3, 0.4) is 0 Å². The van der Waals surface area contributed by atoms with E-state index in [-0.39, 0.29) is 5.41 Å². The van der Waals surface area contributed by atoms with Gasteiger partial charge in [-0.3, -0.25) is 9.97 Å². The van der Waals surface area contributed by atoms with E-state index in [9.17, 15) is 0 Å². The van der Waals surface area contributed by atoms with Gasteiger partial charge < -0.3 is 0 Å². The fourth-order valence-corrected chi connectivity index (χ4v) is 2.35. The molecule has 1 aliphatic rings. The van der Waals surface area contributed by atoms with Crippen LogP contribution in [0.15, 0.2) is 36.7 Å². The fourth-order valence-electron chi connectivity index (χ4n) is 2.35. The van der Waals surface area contributed by atoms with E-state index >= 15 is 0 Å². The van der Waals surface area contributed by atoms with E-state index in [0.29, 0.717) is 0 Å². The molecule has 0 spiro atoms. The topological polar surface area (TPSA) is 25.8 Å². The van der Waals surface area contributed by atoms with Crippen molar-refractivity contribution < 1.29 is 0 Å². The van der Waals surface area contributed by atoms with Crippen molar-refractivity contribution >= 4 is 0 Å². The van der Waals surface area contributed by atoms with Gasteiger partial charge in [-0.2, -0.15) is 0 Å². The fraction of sp³-hybridized carbons (Fsp3) is 0.231. The molecule has 0 amide bonds. The molecule has 3 rings (SSSR count). The van der Waals surface area contributed by atoms with Gasteiger partial charge in [0.1, 0.15) is 0 Å². The SMILES string of the molecule is CC1(C)c2ccccc2-c2nccnc21. The van der Waals surface area contributed by atoms with E-state index < -0.39 is 0 Å². The molecule has 2 nitrogen and oxygen atoms in total. The van der Waals surface area contributed by atoms with Gasteiger partial charge >= 0.3 is 0 Å². The van der Waals surface area contributed by atoms with Crippen LogP contribution in [0.2, 0.25) is 0 Å². The molecular weight excluding hydrogens is 184 g/mol. The van der Waals surface area contributed by atoms with Gasteiger partial charge in [0.2, 0.25) is 0 Å². The molecule has 1 aromatic heterocycles. The number of nitrogens with zero attached hydrogens (tertiary/aromatic N) is 2. The standard InChI is InChI=1S/C13H12N2/c1-13(2)10-6-4-3-5-9(10)11-12(13)15-8-7-14-11/h3-8H,1-2H3. The molecule has 2 heteroatoms. The maximum atomic E-state index is 4.46. The van der Waals surface area contributed by atoms with Crippen LogP contribution in [0.1, 0.15) is 25.1 Å². The normalized spacial score (nSPS) is 15.9. The summed E-state index contributed by atoms with van der Waals surface area (Å²) in [6, 6.07) is 8.42. The maximum Gasteiger partial charge on any atom is 0.0929 e. The Balaban J connectivity index is 2.42. The first-order valence-electron chi connectivity index (χ1n) is 5.12. The lowest BCUT2D eigenvalue weighted by Crippen LogP contribution is -2.16. The van der Waals surface area contributed by atoms with Crippen LogP contribution in [-0.4, -0.2) is 9.97 Å². The van der Waals surface area contributed by atoms with Crippen molar-refractivity contribution in [1.29, 1.82) is 0 Å². The number of benzene rings is 1. The van der Waals surface area contributed by atoms with Gasteiger partial charge in [0.25, 0.3) is 0 Å². The molecule has 74 valence electrons. The average Bonchev–Trinajstić information content (AvgIpc) is 2.51. The molecule has 1 heterocycles. The summed E-state index contributed by atoms with van der Waals surface area (Å²) in [5, 5.41) is 0. The minimum atomic E-state index is -0.0137. The Labute approximate surface area is 89.0 Å². The van der Waals surface area contributed by atoms with Crippen molar-refractivity contribution in [3.8, 4) is 11.3 Å². The lowest BCUT2D eigenvalue weighted by Gasteiger charge is -2.19. The first kappa shape index (κ1) is 8.60. The van der Waals surface area contributed by atoms with E-state index in [1.165, 1.54) is 11.1 Å². The molecule has 2 aromatic rings. The quantitative estimate of drug-likeness (QED) is 0.647. The summed E-state index contributed by atoms with van der Waals surface area (Å²) in [5.41, 5.74) is 4.67. The summed E-state index contributed by atoms with van der Waals surface area (Å²) in [6.45, 7) is 4.40. The van der Waals surface area contributed by atoms with E-state index in [1.54, 1.807) is 12.4 Å². The first-order valence-corrected chi connectivity index (χ1v) is 5.12. The zero-order valence-corrected chi connectivity index (χ0v) is 8.86. The second-order valence-corrected chi connectivity index (χ2v) is 4.42. The molecule has 1 aliphatic carbocycles. The van der Waals surface area contributed by atoms with Gasteiger partial charge in [0.05, 0.1) is 11.4 Å². The second kappa shape index (κ2) is 2.66. The van der Waals surface area contributed by atoms with Crippen LogP contribution in [0.25, 0.3) is 11.3 Å². The Morgan fingerprint density at radius 2 is 1.73 bits per heavy atom. The molecule has 0 saturated heterocycles. The maximum absolute atomic E-state index is 4.46. The Bertz CT molecular complexity index is 482. The highest BCUT2D eigenvalue weighted by atomic mass is 14.8. The van der Waals surface area contributed by atoms with Crippen molar-refractivity contribution in [2.24, 2.45) is 0 Å². The van der Waals surface area contributed by atoms with Crippen molar-refractivity contribution in [2.75, 3.05) is 0 Å². The van der Waals surface area contributed by atoms with Crippen LogP contribution in [0, 0.1) is 0 Å². The zero-order valence-electron chi connectivity index (χ0n) is 8.86. The summed E-state index contributed by atoms with van der Waals surface area (Å²) in [6.07, 6.45) is 3.53. The van der Waals surface area contributed by atoms with Gasteiger partial charge in [-0.05, 0) is 5.56 Å². The molecule has 0 bridgehead atoms. The Hall–Kier alpha value is -1.70. The van der Waals surface area contributed by atoms with Gasteiger partial charge in [0, 0.05) is 23.4 Å². The second-order valence-electron chi connectivity index (χ2n) is 4.42. The third-order valence-electron chi connectivity index (χ3n) is 3.15. The van der Waals surface area contributed by atoms with Crippen molar-refractivity contribution in [2.45, 2.75) is 19.3 Å². The highest BCUT2D eigenvalue weighted by Gasteiger charge is 2.37. The molecule has 15 heavy (non-hydrogen) atoms. The smallest absolute Gasteiger partial charge is 0.0929 e. The zero-order chi connectivity index (χ0) is 10.5. The van der Waals surface area contributed by atoms with Crippen LogP contribution >= 0.6 is 0 Å². The molecule has 0 saturated carbocycles. The molecule has 0 atom stereocenters. The lowest BCUT2D eigenvalue weighted by atomic mass is 9.85. The lowest BCUT2D eigenvalue weighted by molar-refractivity contribution is 0.635. The number of hydrogen-bond acceptors (Lipinski definition) is 2. The third-order valence-corrected chi connectivity index (χ3v) is 3.15. The minimum Gasteiger partial charge on any atom is -0.256 e. The molecule has 1 aromatic carbocycles. The molecule has 0 aliphatic heterocycles. The summed E-state index contributed by atoms with van der Waals surface area (Å²) in [4.78, 5) is 8.90. The van der Waals surface area contributed by atoms with Crippen molar-refractivity contribution in [1.82, 2.24) is 9.97 Å². The highest BCUT2D eigenvalue weighted by molar-refractivity contribution is 5.75. The predicted octanol–water partition coefficient (Wildman–Crippen LogP) is 2.78. The number of aromatic nitrogens is 2. The van der Waals surface area contributed by atoms with Crippen LogP contribution in [0.5, 0.6) is 0 Å². The Morgan fingerprint density at radius 3 is 2.60 bits per heavy atom. The monoisotopic (exact) mass is 196 g/mol. The van der Waals surface area contributed by atoms with Gasteiger partial charge in [0.15, 0.2) is 0 Å². The minimum absolute atomic E-state index is 0.0137. The molecular formula is C13H12N2. The van der Waals surface area contributed by atoms with Crippen molar-refractivity contribution in [3.05, 3.63) is 47.9 Å². The van der Waals surface area contributed by atoms with E-state index in [4.69, 9.17) is 0 Å². The van der Waals surface area contributed by atoms with Crippen LogP contribution < -0.4 is 0 Å². The Kier molecular flexibility index (Phi) is 1.52. The molecule has 0 fully saturated rings. The Morgan fingerprint density at radius 1 is 1.00 bits per heavy atom. The summed E-state index contributed by atoms with van der Waals surface area (Å²) >= 11 is 0. The largest absolute Gasteiger partial charge is 0.256 e. The van der Waals surface area contributed by atoms with Crippen LogP contribution in [0.4, 0.5) is 0 Å². The van der Waals surface area contributed by atoms with E-state index in [1.807, 2.05) is 0 Å². The summed E-state index contributed by atoms with van der Waals surface area (Å²) < 4.78 is 0. The summed E-state index contributed by atoms with van der Waals surface area (Å²) in [5.74, 6) is 0. The van der Waals surface area contributed by atoms with Crippen molar-refractivity contribution in [3.63, 3.8) is 0 Å². The van der Waals surface area contributed by atoms with Gasteiger partial charge in [-0.15, -0.1) is 0 Å². The first-order chi connectivity index (χ1) is 7.21. The number of hydrogen-bond donors (Lipinski definition) is 0. The molecule has 0 unspecified atom stereocenters. The predicted molar refractivity (Wildman–Crippen MR) is 59.6 cm³/mol. The average molecular weight is 196 g/mol. The van der Waals surface area contributed by atoms with Gasteiger partial charge in [-0.25, -0.2) is 0 Å². The van der Waals surface area contributed by atoms with E-state index in [0.717, 1.165) is 11.4 Å². The van der Waals surface area contributed by atoms with E-state index in [2.05, 4.69) is 48.1 Å².